The van der Waals surface area contributed by atoms with E-state index in [-0.39, 0.29) is 0 Å². The molecular weight excluding hydrogens is 244 g/mol. The molecule has 1 fully saturated rings. The van der Waals surface area contributed by atoms with E-state index in [9.17, 15) is 0 Å². The summed E-state index contributed by atoms with van der Waals surface area (Å²) in [7, 11) is 0. The van der Waals surface area contributed by atoms with Crippen LogP contribution in [0.1, 0.15) is 19.5 Å². The minimum Gasteiger partial charge on any atom is -0.388 e. The van der Waals surface area contributed by atoms with Crippen molar-refractivity contribution >= 4 is 23.0 Å². The molecule has 2 heterocycles. The number of likely N-dealkylation sites (N-methyl/N-ethyl adjacent to an activating group) is 1. The maximum atomic E-state index is 5.63. The van der Waals surface area contributed by atoms with Crippen molar-refractivity contribution in [2.45, 2.75) is 19.9 Å². The van der Waals surface area contributed by atoms with Gasteiger partial charge in [0.25, 0.3) is 0 Å². The standard InChI is InChI=1S/C13H20N4S/c1-3-16-7-8-17(9-10(16)2)12-6-4-5-11(15-12)13(14)18/h4-6,10H,3,7-9H2,1-2H3,(H2,14,18). The molecule has 1 saturated heterocycles. The first-order chi connectivity index (χ1) is 8.61. The number of hydrogen-bond acceptors (Lipinski definition) is 4. The van der Waals surface area contributed by atoms with Crippen LogP contribution < -0.4 is 10.6 Å². The van der Waals surface area contributed by atoms with Gasteiger partial charge < -0.3 is 10.6 Å². The molecule has 2 rings (SSSR count). The molecule has 1 aromatic rings. The second kappa shape index (κ2) is 5.63. The third-order valence-electron chi connectivity index (χ3n) is 3.48. The van der Waals surface area contributed by atoms with Crippen LogP contribution >= 0.6 is 12.2 Å². The lowest BCUT2D eigenvalue weighted by molar-refractivity contribution is 0.199. The van der Waals surface area contributed by atoms with Crippen molar-refractivity contribution in [1.29, 1.82) is 0 Å². The summed E-state index contributed by atoms with van der Waals surface area (Å²) in [4.78, 5) is 9.67. The third-order valence-corrected chi connectivity index (χ3v) is 3.69. The van der Waals surface area contributed by atoms with Gasteiger partial charge in [-0.25, -0.2) is 4.98 Å². The zero-order valence-corrected chi connectivity index (χ0v) is 11.8. The van der Waals surface area contributed by atoms with Crippen molar-refractivity contribution in [3.05, 3.63) is 23.9 Å². The van der Waals surface area contributed by atoms with Crippen molar-refractivity contribution in [3.8, 4) is 0 Å². The fourth-order valence-electron chi connectivity index (χ4n) is 2.41. The predicted octanol–water partition coefficient (Wildman–Crippen LogP) is 1.25. The lowest BCUT2D eigenvalue weighted by atomic mass is 10.2. The van der Waals surface area contributed by atoms with Gasteiger partial charge in [0.05, 0.1) is 5.69 Å². The first-order valence-electron chi connectivity index (χ1n) is 6.37. The van der Waals surface area contributed by atoms with Crippen LogP contribution in [-0.4, -0.2) is 47.1 Å². The average Bonchev–Trinajstić information content (AvgIpc) is 2.38. The van der Waals surface area contributed by atoms with Crippen LogP contribution in [0.25, 0.3) is 0 Å². The first-order valence-corrected chi connectivity index (χ1v) is 6.78. The Bertz CT molecular complexity index is 435. The van der Waals surface area contributed by atoms with Crippen molar-refractivity contribution < 1.29 is 0 Å². The van der Waals surface area contributed by atoms with Crippen molar-refractivity contribution in [1.82, 2.24) is 9.88 Å². The van der Waals surface area contributed by atoms with Gasteiger partial charge in [-0.2, -0.15) is 0 Å². The van der Waals surface area contributed by atoms with E-state index in [1.54, 1.807) is 0 Å². The van der Waals surface area contributed by atoms with Gasteiger partial charge in [0.1, 0.15) is 10.8 Å². The van der Waals surface area contributed by atoms with Gasteiger partial charge in [0, 0.05) is 25.7 Å². The summed E-state index contributed by atoms with van der Waals surface area (Å²) < 4.78 is 0. The van der Waals surface area contributed by atoms with E-state index in [1.165, 1.54) is 0 Å². The largest absolute Gasteiger partial charge is 0.388 e. The van der Waals surface area contributed by atoms with Crippen molar-refractivity contribution in [2.75, 3.05) is 31.1 Å². The van der Waals surface area contributed by atoms with Gasteiger partial charge in [-0.3, -0.25) is 4.90 Å². The molecule has 1 aliphatic rings. The number of nitrogens with zero attached hydrogens (tertiary/aromatic N) is 3. The summed E-state index contributed by atoms with van der Waals surface area (Å²) in [5, 5.41) is 0. The van der Waals surface area contributed by atoms with Crippen molar-refractivity contribution in [3.63, 3.8) is 0 Å². The molecule has 0 aromatic carbocycles. The lowest BCUT2D eigenvalue weighted by Crippen LogP contribution is -2.52. The Morgan fingerprint density at radius 1 is 1.50 bits per heavy atom. The first kappa shape index (κ1) is 13.2. The fraction of sp³-hybridized carbons (Fsp3) is 0.538. The molecule has 1 atom stereocenters. The van der Waals surface area contributed by atoms with E-state index in [0.29, 0.717) is 16.7 Å². The van der Waals surface area contributed by atoms with E-state index in [4.69, 9.17) is 18.0 Å². The molecule has 0 bridgehead atoms. The molecule has 98 valence electrons. The van der Waals surface area contributed by atoms with Gasteiger partial charge in [-0.1, -0.05) is 25.2 Å². The molecular formula is C13H20N4S. The predicted molar refractivity (Wildman–Crippen MR) is 79.0 cm³/mol. The van der Waals surface area contributed by atoms with E-state index < -0.39 is 0 Å². The lowest BCUT2D eigenvalue weighted by Gasteiger charge is -2.40. The molecule has 0 saturated carbocycles. The summed E-state index contributed by atoms with van der Waals surface area (Å²) in [6, 6.07) is 6.40. The maximum absolute atomic E-state index is 5.63. The Morgan fingerprint density at radius 2 is 2.28 bits per heavy atom. The second-order valence-electron chi connectivity index (χ2n) is 4.67. The summed E-state index contributed by atoms with van der Waals surface area (Å²) >= 11 is 4.97. The molecule has 5 heteroatoms. The van der Waals surface area contributed by atoms with Gasteiger partial charge in [0.15, 0.2) is 0 Å². The number of aromatic nitrogens is 1. The minimum absolute atomic E-state index is 0.358. The normalized spacial score (nSPS) is 21.0. The molecule has 4 nitrogen and oxygen atoms in total. The van der Waals surface area contributed by atoms with Gasteiger partial charge >= 0.3 is 0 Å². The molecule has 18 heavy (non-hydrogen) atoms. The molecule has 0 radical (unpaired) electrons. The van der Waals surface area contributed by atoms with Gasteiger partial charge in [0.2, 0.25) is 0 Å². The fourth-order valence-corrected chi connectivity index (χ4v) is 2.52. The summed E-state index contributed by atoms with van der Waals surface area (Å²) in [6.45, 7) is 8.66. The highest BCUT2D eigenvalue weighted by molar-refractivity contribution is 7.80. The number of hydrogen-bond donors (Lipinski definition) is 1. The van der Waals surface area contributed by atoms with Crippen LogP contribution in [0.5, 0.6) is 0 Å². The number of nitrogens with two attached hydrogens (primary N) is 1. The van der Waals surface area contributed by atoms with E-state index in [0.717, 1.165) is 32.0 Å². The highest BCUT2D eigenvalue weighted by Crippen LogP contribution is 2.17. The Balaban J connectivity index is 2.13. The summed E-state index contributed by atoms with van der Waals surface area (Å²) in [5.74, 6) is 0.975. The summed E-state index contributed by atoms with van der Waals surface area (Å²) in [5.41, 5.74) is 6.33. The Morgan fingerprint density at radius 3 is 2.89 bits per heavy atom. The number of pyridine rings is 1. The van der Waals surface area contributed by atoms with Gasteiger partial charge in [-0.05, 0) is 25.6 Å². The minimum atomic E-state index is 0.358. The van der Waals surface area contributed by atoms with Crippen LogP contribution in [0.3, 0.4) is 0 Å². The zero-order valence-electron chi connectivity index (χ0n) is 11.0. The van der Waals surface area contributed by atoms with Crippen LogP contribution in [-0.2, 0) is 0 Å². The quantitative estimate of drug-likeness (QED) is 0.832. The third kappa shape index (κ3) is 2.79. The number of anilines is 1. The highest BCUT2D eigenvalue weighted by Gasteiger charge is 2.23. The Kier molecular flexibility index (Phi) is 4.14. The molecule has 2 N–H and O–H groups in total. The van der Waals surface area contributed by atoms with Crippen LogP contribution in [0.4, 0.5) is 5.82 Å². The smallest absolute Gasteiger partial charge is 0.129 e. The van der Waals surface area contributed by atoms with Crippen LogP contribution in [0.15, 0.2) is 18.2 Å². The Hall–Kier alpha value is -1.20. The number of piperazine rings is 1. The molecule has 0 aliphatic carbocycles. The second-order valence-corrected chi connectivity index (χ2v) is 5.11. The zero-order chi connectivity index (χ0) is 13.1. The molecule has 0 spiro atoms. The van der Waals surface area contributed by atoms with E-state index in [1.807, 2.05) is 18.2 Å². The molecule has 1 unspecified atom stereocenters. The monoisotopic (exact) mass is 264 g/mol. The number of rotatable bonds is 3. The molecule has 1 aromatic heterocycles. The average molecular weight is 264 g/mol. The van der Waals surface area contributed by atoms with E-state index >= 15 is 0 Å². The Labute approximate surface area is 114 Å². The van der Waals surface area contributed by atoms with Crippen molar-refractivity contribution in [2.24, 2.45) is 5.73 Å². The van der Waals surface area contributed by atoms with Crippen LogP contribution in [0, 0.1) is 0 Å². The topological polar surface area (TPSA) is 45.4 Å². The number of thiocarbonyl (C=S) groups is 1. The molecule has 1 aliphatic heterocycles. The highest BCUT2D eigenvalue weighted by atomic mass is 32.1. The van der Waals surface area contributed by atoms with E-state index in [2.05, 4.69) is 28.6 Å². The molecule has 0 amide bonds. The van der Waals surface area contributed by atoms with Gasteiger partial charge in [-0.15, -0.1) is 0 Å². The SMILES string of the molecule is CCN1CCN(c2cccc(C(N)=S)n2)CC1C. The summed E-state index contributed by atoms with van der Waals surface area (Å²) in [6.07, 6.45) is 0. The van der Waals surface area contributed by atoms with Crippen LogP contribution in [0.2, 0.25) is 0 Å². The maximum Gasteiger partial charge on any atom is 0.129 e.